The molecule has 0 aliphatic carbocycles. The lowest BCUT2D eigenvalue weighted by molar-refractivity contribution is 0.0433. The Balaban J connectivity index is 0.00000225. The Hall–Kier alpha value is -1.92. The highest BCUT2D eigenvalue weighted by molar-refractivity contribution is 5.92. The van der Waals surface area contributed by atoms with Crippen molar-refractivity contribution in [2.45, 2.75) is 0 Å². The fourth-order valence-electron chi connectivity index (χ4n) is 0.971. The van der Waals surface area contributed by atoms with Crippen LogP contribution in [0.3, 0.4) is 0 Å². The molecule has 0 heterocycles. The molecular weight excluding hydrogens is 216 g/mol. The average molecular weight is 228 g/mol. The van der Waals surface area contributed by atoms with Crippen molar-refractivity contribution in [3.63, 3.8) is 0 Å². The van der Waals surface area contributed by atoms with Gasteiger partial charge in [0.1, 0.15) is 6.61 Å². The first-order valence-corrected chi connectivity index (χ1v) is 4.26. The third-order valence-electron chi connectivity index (χ3n) is 1.69. The molecule has 0 atom stereocenters. The molecule has 0 fully saturated rings. The van der Waals surface area contributed by atoms with Crippen molar-refractivity contribution in [3.8, 4) is 0 Å². The Labute approximate surface area is 91.4 Å². The number of ether oxygens (including phenoxy) is 1. The van der Waals surface area contributed by atoms with Crippen LogP contribution in [0.25, 0.3) is 0 Å². The molecule has 0 saturated carbocycles. The lowest BCUT2D eigenvalue weighted by atomic mass is 10.1. The van der Waals surface area contributed by atoms with Crippen molar-refractivity contribution in [2.24, 2.45) is 0 Å². The van der Waals surface area contributed by atoms with Crippen molar-refractivity contribution in [3.05, 3.63) is 35.4 Å². The van der Waals surface area contributed by atoms with Gasteiger partial charge in [-0.15, -0.1) is 0 Å². The van der Waals surface area contributed by atoms with E-state index in [1.54, 1.807) is 0 Å². The highest BCUT2D eigenvalue weighted by Crippen LogP contribution is 2.05. The molecule has 1 rings (SSSR count). The summed E-state index contributed by atoms with van der Waals surface area (Å²) >= 11 is 0. The molecule has 0 amide bonds. The van der Waals surface area contributed by atoms with Crippen LogP contribution in [-0.4, -0.2) is 40.8 Å². The average Bonchev–Trinajstić information content (AvgIpc) is 2.26. The maximum atomic E-state index is 11.2. The number of carboxylic acids is 1. The van der Waals surface area contributed by atoms with Gasteiger partial charge in [-0.2, -0.15) is 0 Å². The number of aliphatic hydroxyl groups is 1. The molecule has 6 nitrogen and oxygen atoms in total. The van der Waals surface area contributed by atoms with E-state index in [9.17, 15) is 9.59 Å². The van der Waals surface area contributed by atoms with Crippen molar-refractivity contribution >= 4 is 11.9 Å². The monoisotopic (exact) mass is 228 g/mol. The number of aromatic carboxylic acids is 1. The van der Waals surface area contributed by atoms with Crippen LogP contribution in [0, 0.1) is 0 Å². The van der Waals surface area contributed by atoms with Gasteiger partial charge in [-0.05, 0) is 24.3 Å². The normalized spacial score (nSPS) is 9.06. The smallest absolute Gasteiger partial charge is 0.338 e. The van der Waals surface area contributed by atoms with E-state index < -0.39 is 11.9 Å². The van der Waals surface area contributed by atoms with E-state index in [1.807, 2.05) is 0 Å². The zero-order valence-corrected chi connectivity index (χ0v) is 8.34. The zero-order chi connectivity index (χ0) is 11.3. The molecular formula is C10H12O6. The molecule has 88 valence electrons. The van der Waals surface area contributed by atoms with Crippen LogP contribution in [0.1, 0.15) is 20.7 Å². The summed E-state index contributed by atoms with van der Waals surface area (Å²) in [6.45, 7) is -0.307. The van der Waals surface area contributed by atoms with E-state index in [4.69, 9.17) is 10.2 Å². The Kier molecular flexibility index (Phi) is 5.76. The highest BCUT2D eigenvalue weighted by atomic mass is 16.5. The summed E-state index contributed by atoms with van der Waals surface area (Å²) in [6, 6.07) is 5.36. The fourth-order valence-corrected chi connectivity index (χ4v) is 0.971. The molecule has 4 N–H and O–H groups in total. The van der Waals surface area contributed by atoms with Crippen LogP contribution < -0.4 is 0 Å². The van der Waals surface area contributed by atoms with Crippen molar-refractivity contribution in [2.75, 3.05) is 13.2 Å². The minimum absolute atomic E-state index is 0. The molecule has 0 aromatic heterocycles. The molecule has 0 aliphatic heterocycles. The standard InChI is InChI=1S/C10H10O5.H2O/c11-5-6-15-10(14)8-3-1-7(2-4-8)9(12)13;/h1-4,11H,5-6H2,(H,12,13);1H2. The number of carbonyl (C=O) groups excluding carboxylic acids is 1. The van der Waals surface area contributed by atoms with Gasteiger partial charge in [-0.25, -0.2) is 9.59 Å². The van der Waals surface area contributed by atoms with E-state index in [0.29, 0.717) is 0 Å². The largest absolute Gasteiger partial charge is 0.478 e. The molecule has 6 heteroatoms. The number of esters is 1. The third-order valence-corrected chi connectivity index (χ3v) is 1.69. The topological polar surface area (TPSA) is 115 Å². The first kappa shape index (κ1) is 14.1. The van der Waals surface area contributed by atoms with Gasteiger partial charge in [-0.3, -0.25) is 0 Å². The number of carbonyl (C=O) groups is 2. The second kappa shape index (κ2) is 6.54. The lowest BCUT2D eigenvalue weighted by Gasteiger charge is -2.02. The number of hydrogen-bond acceptors (Lipinski definition) is 4. The number of aliphatic hydroxyl groups excluding tert-OH is 1. The van der Waals surface area contributed by atoms with E-state index in [1.165, 1.54) is 24.3 Å². The molecule has 0 radical (unpaired) electrons. The summed E-state index contributed by atoms with van der Waals surface area (Å²) in [6.07, 6.45) is 0. The molecule has 1 aromatic carbocycles. The summed E-state index contributed by atoms with van der Waals surface area (Å²) in [5.74, 6) is -1.63. The summed E-state index contributed by atoms with van der Waals surface area (Å²) in [7, 11) is 0. The summed E-state index contributed by atoms with van der Waals surface area (Å²) < 4.78 is 4.64. The summed E-state index contributed by atoms with van der Waals surface area (Å²) in [4.78, 5) is 21.7. The van der Waals surface area contributed by atoms with Crippen molar-refractivity contribution < 1.29 is 30.0 Å². The molecule has 0 spiro atoms. The van der Waals surface area contributed by atoms with Crippen molar-refractivity contribution in [1.29, 1.82) is 0 Å². The Morgan fingerprint density at radius 2 is 1.62 bits per heavy atom. The first-order chi connectivity index (χ1) is 7.15. The van der Waals surface area contributed by atoms with Gasteiger partial charge in [-0.1, -0.05) is 0 Å². The van der Waals surface area contributed by atoms with E-state index in [2.05, 4.69) is 4.74 Å². The molecule has 16 heavy (non-hydrogen) atoms. The molecule has 0 unspecified atom stereocenters. The number of rotatable bonds is 4. The second-order valence-electron chi connectivity index (χ2n) is 2.74. The van der Waals surface area contributed by atoms with E-state index >= 15 is 0 Å². The zero-order valence-electron chi connectivity index (χ0n) is 8.34. The summed E-state index contributed by atoms with van der Waals surface area (Å²) in [5.41, 5.74) is 0.363. The fraction of sp³-hybridized carbons (Fsp3) is 0.200. The van der Waals surface area contributed by atoms with Crippen LogP contribution in [0.4, 0.5) is 0 Å². The molecule has 0 saturated heterocycles. The van der Waals surface area contributed by atoms with E-state index in [-0.39, 0.29) is 29.8 Å². The van der Waals surface area contributed by atoms with Crippen LogP contribution in [0.5, 0.6) is 0 Å². The maximum absolute atomic E-state index is 11.2. The van der Waals surface area contributed by atoms with Crippen LogP contribution >= 0.6 is 0 Å². The molecule has 0 bridgehead atoms. The SMILES string of the molecule is O.O=C(O)c1ccc(C(=O)OCCO)cc1. The highest BCUT2D eigenvalue weighted by Gasteiger charge is 2.08. The molecule has 0 aliphatic rings. The lowest BCUT2D eigenvalue weighted by Crippen LogP contribution is -2.09. The first-order valence-electron chi connectivity index (χ1n) is 4.26. The van der Waals surface area contributed by atoms with Crippen LogP contribution in [0.2, 0.25) is 0 Å². The number of carboxylic acid groups (broad SMARTS) is 1. The third kappa shape index (κ3) is 3.68. The number of hydrogen-bond donors (Lipinski definition) is 2. The van der Waals surface area contributed by atoms with Gasteiger partial charge < -0.3 is 20.4 Å². The maximum Gasteiger partial charge on any atom is 0.338 e. The number of benzene rings is 1. The van der Waals surface area contributed by atoms with Gasteiger partial charge >= 0.3 is 11.9 Å². The van der Waals surface area contributed by atoms with Gasteiger partial charge in [0.15, 0.2) is 0 Å². The molecule has 1 aromatic rings. The minimum atomic E-state index is -1.05. The minimum Gasteiger partial charge on any atom is -0.478 e. The van der Waals surface area contributed by atoms with Gasteiger partial charge in [0.05, 0.1) is 17.7 Å². The van der Waals surface area contributed by atoms with Gasteiger partial charge in [0, 0.05) is 0 Å². The quantitative estimate of drug-likeness (QED) is 0.687. The van der Waals surface area contributed by atoms with Crippen LogP contribution in [-0.2, 0) is 4.74 Å². The predicted octanol–water partition coefficient (Wildman–Crippen LogP) is -0.291. The van der Waals surface area contributed by atoms with Gasteiger partial charge in [0.25, 0.3) is 0 Å². The second-order valence-corrected chi connectivity index (χ2v) is 2.74. The van der Waals surface area contributed by atoms with Gasteiger partial charge in [0.2, 0.25) is 0 Å². The summed E-state index contributed by atoms with van der Waals surface area (Å²) in [5, 5.41) is 17.0. The Morgan fingerprint density at radius 3 is 2.06 bits per heavy atom. The Bertz CT molecular complexity index is 356. The predicted molar refractivity (Wildman–Crippen MR) is 54.4 cm³/mol. The van der Waals surface area contributed by atoms with E-state index in [0.717, 1.165) is 0 Å². The van der Waals surface area contributed by atoms with Crippen molar-refractivity contribution in [1.82, 2.24) is 0 Å². The Morgan fingerprint density at radius 1 is 1.12 bits per heavy atom. The van der Waals surface area contributed by atoms with Crippen LogP contribution in [0.15, 0.2) is 24.3 Å².